The molecule has 0 N–H and O–H groups in total. The molecule has 6 aromatic carbocycles. The van der Waals surface area contributed by atoms with E-state index in [1.54, 1.807) is 0 Å². The van der Waals surface area contributed by atoms with Crippen LogP contribution >= 0.6 is 0 Å². The summed E-state index contributed by atoms with van der Waals surface area (Å²) in [5, 5.41) is 4.51. The minimum atomic E-state index is -0.264. The van der Waals surface area contributed by atoms with Gasteiger partial charge in [-0.15, -0.1) is 29.8 Å². The summed E-state index contributed by atoms with van der Waals surface area (Å²) < 4.78 is 18.5. The van der Waals surface area contributed by atoms with Gasteiger partial charge >= 0.3 is 0 Å². The Morgan fingerprint density at radius 2 is 1.33 bits per heavy atom. The Balaban J connectivity index is 0.000000172. The molecule has 0 fully saturated rings. The van der Waals surface area contributed by atoms with Gasteiger partial charge in [0.1, 0.15) is 0 Å². The normalized spacial score (nSPS) is 10.8. The molecule has 51 heavy (non-hydrogen) atoms. The summed E-state index contributed by atoms with van der Waals surface area (Å²) in [5.74, 6) is 0.522. The van der Waals surface area contributed by atoms with Crippen molar-refractivity contribution in [2.24, 2.45) is 7.05 Å². The fourth-order valence-electron chi connectivity index (χ4n) is 6.75. The Labute approximate surface area is 312 Å². The maximum absolute atomic E-state index is 14.6. The van der Waals surface area contributed by atoms with Crippen molar-refractivity contribution in [3.63, 3.8) is 0 Å². The number of para-hydroxylation sites is 3. The van der Waals surface area contributed by atoms with Gasteiger partial charge in [0.2, 0.25) is 0 Å². The zero-order valence-corrected chi connectivity index (χ0v) is 31.6. The summed E-state index contributed by atoms with van der Waals surface area (Å²) in [6.07, 6.45) is 4.00. The van der Waals surface area contributed by atoms with Gasteiger partial charge in [-0.1, -0.05) is 78.4 Å². The molecule has 0 saturated heterocycles. The van der Waals surface area contributed by atoms with Crippen LogP contribution in [-0.2, 0) is 27.2 Å². The van der Waals surface area contributed by atoms with Crippen molar-refractivity contribution in [3.8, 4) is 50.5 Å². The van der Waals surface area contributed by atoms with Gasteiger partial charge in [0, 0.05) is 44.7 Å². The van der Waals surface area contributed by atoms with Crippen molar-refractivity contribution in [3.05, 3.63) is 174 Å². The van der Waals surface area contributed by atoms with Crippen LogP contribution in [0.3, 0.4) is 0 Å². The van der Waals surface area contributed by atoms with Gasteiger partial charge in [0.15, 0.2) is 0 Å². The molecule has 0 saturated carbocycles. The number of fused-ring (bicyclic) bond motifs is 1. The van der Waals surface area contributed by atoms with Crippen molar-refractivity contribution in [2.45, 2.75) is 27.7 Å². The molecule has 6 heteroatoms. The van der Waals surface area contributed by atoms with Crippen LogP contribution in [0.2, 0.25) is 0 Å². The Hall–Kier alpha value is -5.42. The van der Waals surface area contributed by atoms with Crippen molar-refractivity contribution in [1.82, 2.24) is 19.3 Å². The van der Waals surface area contributed by atoms with Gasteiger partial charge in [-0.25, -0.2) is 0 Å². The third-order valence-electron chi connectivity index (χ3n) is 9.13. The van der Waals surface area contributed by atoms with Crippen LogP contribution in [0.4, 0.5) is 4.39 Å². The van der Waals surface area contributed by atoms with Crippen LogP contribution in [0.5, 0.6) is 0 Å². The Morgan fingerprint density at radius 3 is 2.02 bits per heavy atom. The zero-order chi connectivity index (χ0) is 34.8. The number of hydrogen-bond acceptors (Lipinski definition) is 2. The second kappa shape index (κ2) is 15.2. The van der Waals surface area contributed by atoms with E-state index >= 15 is 0 Å². The number of halogens is 1. The molecular weight excluding hydrogens is 808 g/mol. The molecule has 0 aliphatic heterocycles. The van der Waals surface area contributed by atoms with Crippen molar-refractivity contribution >= 4 is 11.0 Å². The number of nitrogens with zero attached hydrogens (tertiary/aromatic N) is 4. The number of aromatic nitrogens is 4. The van der Waals surface area contributed by atoms with Crippen LogP contribution in [0.1, 0.15) is 22.3 Å². The van der Waals surface area contributed by atoms with Gasteiger partial charge in [-0.05, 0) is 90.0 Å². The third-order valence-corrected chi connectivity index (χ3v) is 9.13. The van der Waals surface area contributed by atoms with Gasteiger partial charge in [0.25, 0.3) is 0 Å². The molecule has 4 nitrogen and oxygen atoms in total. The molecule has 0 aliphatic carbocycles. The Kier molecular flexibility index (Phi) is 10.6. The number of rotatable bonds is 5. The van der Waals surface area contributed by atoms with E-state index < -0.39 is 0 Å². The summed E-state index contributed by atoms with van der Waals surface area (Å²) in [5.41, 5.74) is 14.8. The number of hydrogen-bond donors (Lipinski definition) is 0. The maximum atomic E-state index is 14.6. The molecule has 8 aromatic rings. The first kappa shape index (κ1) is 35.4. The third kappa shape index (κ3) is 7.25. The molecule has 255 valence electrons. The first-order valence-corrected chi connectivity index (χ1v) is 16.7. The Morgan fingerprint density at radius 1 is 0.647 bits per heavy atom. The molecule has 0 unspecified atom stereocenters. The van der Waals surface area contributed by atoms with E-state index in [4.69, 9.17) is 4.98 Å². The number of aryl methyl sites for hydroxylation is 5. The van der Waals surface area contributed by atoms with Gasteiger partial charge in [0.05, 0.1) is 23.1 Å². The quantitative estimate of drug-likeness (QED) is 0.162. The van der Waals surface area contributed by atoms with Crippen molar-refractivity contribution in [1.29, 1.82) is 0 Å². The van der Waals surface area contributed by atoms with E-state index in [2.05, 4.69) is 73.7 Å². The largest absolute Gasteiger partial charge is 0.367 e. The predicted octanol–water partition coefficient (Wildman–Crippen LogP) is 11.1. The minimum absolute atomic E-state index is 0. The SMILES string of the molecule is Cc1cc(-c2ccccc2)cc(C)c1-c1cnn(-c2[c-]cccc2)c1.Cc1cccc(C)c1-c1cc(-c2nc3ccccc3n2C)[c-]cc1F.[Ir]. The standard InChI is InChI=1S/C23H19N2.C22H18FN2.Ir/c1-17-13-20(19-9-5-3-6-10-19)14-18(2)23(17)21-15-24-25(16-21)22-11-7-4-8-12-22;1-14-7-6-8-15(2)21(14)17-13-16(11-12-18(17)23)22-24-19-9-4-5-10-20(19)25(22)3;/h3-11,13-16H,1-2H3;4-10,12-13H,1-3H3;/q2*-1;. The van der Waals surface area contributed by atoms with E-state index in [0.717, 1.165) is 50.4 Å². The van der Waals surface area contributed by atoms with Crippen LogP contribution in [0.25, 0.3) is 61.5 Å². The fourth-order valence-corrected chi connectivity index (χ4v) is 6.75. The smallest absolute Gasteiger partial charge is 0.0770 e. The van der Waals surface area contributed by atoms with Gasteiger partial charge in [-0.3, -0.25) is 14.1 Å². The van der Waals surface area contributed by atoms with Crippen molar-refractivity contribution < 1.29 is 24.5 Å². The average Bonchev–Trinajstić information content (AvgIpc) is 3.75. The molecule has 0 spiro atoms. The Bertz CT molecular complexity index is 2400. The van der Waals surface area contributed by atoms with Crippen LogP contribution in [0.15, 0.2) is 134 Å². The number of imidazole rings is 1. The topological polar surface area (TPSA) is 35.6 Å². The molecule has 8 rings (SSSR count). The predicted molar refractivity (Wildman–Crippen MR) is 203 cm³/mol. The first-order valence-electron chi connectivity index (χ1n) is 16.7. The molecular formula is C45H37FIrN4-2. The van der Waals surface area contributed by atoms with Crippen LogP contribution in [0, 0.1) is 45.6 Å². The maximum Gasteiger partial charge on any atom is 0.0770 e. The van der Waals surface area contributed by atoms with E-state index in [-0.39, 0.29) is 25.9 Å². The van der Waals surface area contributed by atoms with Crippen molar-refractivity contribution in [2.75, 3.05) is 0 Å². The number of benzene rings is 6. The van der Waals surface area contributed by atoms with E-state index in [0.29, 0.717) is 5.56 Å². The molecule has 0 bridgehead atoms. The zero-order valence-electron chi connectivity index (χ0n) is 29.2. The second-order valence-electron chi connectivity index (χ2n) is 12.6. The summed E-state index contributed by atoms with van der Waals surface area (Å²) in [6, 6.07) is 46.4. The van der Waals surface area contributed by atoms with Gasteiger partial charge in [-0.2, -0.15) is 29.4 Å². The van der Waals surface area contributed by atoms with Crippen LogP contribution in [-0.4, -0.2) is 19.3 Å². The first-order chi connectivity index (χ1) is 24.3. The van der Waals surface area contributed by atoms with E-state index in [9.17, 15) is 4.39 Å². The minimum Gasteiger partial charge on any atom is -0.367 e. The molecule has 0 amide bonds. The molecule has 2 aromatic heterocycles. The summed E-state index contributed by atoms with van der Waals surface area (Å²) in [7, 11) is 1.97. The molecule has 0 aliphatic rings. The van der Waals surface area contributed by atoms with E-state index in [1.165, 1.54) is 33.9 Å². The average molecular weight is 845 g/mol. The fraction of sp³-hybridized carbons (Fsp3) is 0.111. The van der Waals surface area contributed by atoms with E-state index in [1.807, 2.05) is 115 Å². The summed E-state index contributed by atoms with van der Waals surface area (Å²) in [4.78, 5) is 4.70. The molecule has 2 heterocycles. The van der Waals surface area contributed by atoms with Crippen LogP contribution < -0.4 is 0 Å². The summed E-state index contributed by atoms with van der Waals surface area (Å²) in [6.45, 7) is 8.35. The monoisotopic (exact) mass is 845 g/mol. The molecule has 1 radical (unpaired) electrons. The van der Waals surface area contributed by atoms with Gasteiger partial charge < -0.3 is 4.57 Å². The second-order valence-corrected chi connectivity index (χ2v) is 12.6. The summed E-state index contributed by atoms with van der Waals surface area (Å²) >= 11 is 0. The molecule has 0 atom stereocenters.